The number of hydrogen-bond acceptors (Lipinski definition) is 7. The first-order valence-electron chi connectivity index (χ1n) is 14.9. The third-order valence-electron chi connectivity index (χ3n) is 11.3. The second-order valence-corrected chi connectivity index (χ2v) is 13.2. The molecule has 0 aromatic rings. The van der Waals surface area contributed by atoms with E-state index in [-0.39, 0.29) is 35.9 Å². The Morgan fingerprint density at radius 1 is 1.05 bits per heavy atom. The van der Waals surface area contributed by atoms with Gasteiger partial charge in [0.1, 0.15) is 11.6 Å². The number of carboxylic acid groups (broad SMARTS) is 1. The lowest BCUT2D eigenvalue weighted by Crippen LogP contribution is -2.58. The van der Waals surface area contributed by atoms with E-state index in [9.17, 15) is 34.2 Å². The molecule has 9 heteroatoms. The Morgan fingerprint density at radius 3 is 2.42 bits per heavy atom. The first-order chi connectivity index (χ1) is 18.8. The molecule has 0 aromatic heterocycles. The third kappa shape index (κ3) is 5.26. The molecule has 3 N–H and O–H groups in total. The van der Waals surface area contributed by atoms with Crippen LogP contribution >= 0.6 is 0 Å². The highest BCUT2D eigenvalue weighted by Gasteiger charge is 2.66. The van der Waals surface area contributed by atoms with Crippen molar-refractivity contribution in [2.75, 3.05) is 6.61 Å². The minimum atomic E-state index is -1.58. The maximum absolute atomic E-state index is 13.4. The van der Waals surface area contributed by atoms with E-state index >= 15 is 0 Å². The molecule has 40 heavy (non-hydrogen) atoms. The highest BCUT2D eigenvalue weighted by molar-refractivity contribution is 5.92. The second-order valence-electron chi connectivity index (χ2n) is 13.2. The summed E-state index contributed by atoms with van der Waals surface area (Å²) in [5, 5.41) is 23.6. The number of aliphatic hydroxyl groups is 1. The van der Waals surface area contributed by atoms with Gasteiger partial charge in [-0.15, -0.1) is 0 Å². The quantitative estimate of drug-likeness (QED) is 0.343. The summed E-state index contributed by atoms with van der Waals surface area (Å²) in [5.74, 6) is -1.99. The number of Topliss-reactive ketones (excluding diaryl/α,β-unsaturated/α-hetero) is 1. The number of amides is 1. The molecule has 4 rings (SSSR count). The smallest absolute Gasteiger partial charge is 0.326 e. The van der Waals surface area contributed by atoms with Crippen molar-refractivity contribution in [1.29, 1.82) is 0 Å². The predicted octanol–water partition coefficient (Wildman–Crippen LogP) is 3.76. The maximum atomic E-state index is 13.4. The number of ether oxygens (including phenoxy) is 1. The van der Waals surface area contributed by atoms with Crippen molar-refractivity contribution in [3.05, 3.63) is 11.6 Å². The maximum Gasteiger partial charge on any atom is 0.326 e. The van der Waals surface area contributed by atoms with Gasteiger partial charge in [-0.25, -0.2) is 4.79 Å². The zero-order chi connectivity index (χ0) is 29.5. The number of allylic oxidation sites excluding steroid dienone is 1. The first kappa shape index (κ1) is 30.4. The fourth-order valence-electron chi connectivity index (χ4n) is 8.52. The van der Waals surface area contributed by atoms with Crippen molar-refractivity contribution in [1.82, 2.24) is 5.32 Å². The number of aliphatic carboxylic acids is 1. The van der Waals surface area contributed by atoms with E-state index in [2.05, 4.69) is 12.2 Å². The van der Waals surface area contributed by atoms with Gasteiger partial charge in [0.25, 0.3) is 0 Å². The molecule has 4 aliphatic carbocycles. The molecule has 1 amide bonds. The Balaban J connectivity index is 1.33. The van der Waals surface area contributed by atoms with Gasteiger partial charge in [-0.2, -0.15) is 0 Å². The Hall–Kier alpha value is -2.55. The van der Waals surface area contributed by atoms with E-state index in [0.717, 1.165) is 32.1 Å². The zero-order valence-corrected chi connectivity index (χ0v) is 24.3. The molecule has 8 atom stereocenters. The van der Waals surface area contributed by atoms with Gasteiger partial charge in [0.2, 0.25) is 11.7 Å². The van der Waals surface area contributed by atoms with E-state index in [1.54, 1.807) is 6.92 Å². The number of esters is 1. The van der Waals surface area contributed by atoms with E-state index in [0.29, 0.717) is 37.5 Å². The molecule has 0 unspecified atom stereocenters. The highest BCUT2D eigenvalue weighted by Crippen LogP contribution is 2.67. The number of nitrogens with one attached hydrogen (secondary N) is 1. The minimum Gasteiger partial charge on any atom is -0.480 e. The molecule has 4 aliphatic rings. The number of carbonyl (C=O) groups excluding carboxylic acids is 4. The van der Waals surface area contributed by atoms with Crippen molar-refractivity contribution in [3.63, 3.8) is 0 Å². The molecule has 0 saturated heterocycles. The lowest BCUT2D eigenvalue weighted by atomic mass is 9.46. The third-order valence-corrected chi connectivity index (χ3v) is 11.3. The number of rotatable bonds is 10. The summed E-state index contributed by atoms with van der Waals surface area (Å²) >= 11 is 0. The zero-order valence-electron chi connectivity index (χ0n) is 24.3. The van der Waals surface area contributed by atoms with Crippen molar-refractivity contribution >= 4 is 29.4 Å². The van der Waals surface area contributed by atoms with Gasteiger partial charge in [-0.05, 0) is 80.1 Å². The van der Waals surface area contributed by atoms with Crippen LogP contribution in [0.2, 0.25) is 0 Å². The van der Waals surface area contributed by atoms with E-state index in [1.165, 1.54) is 5.57 Å². The lowest BCUT2D eigenvalue weighted by Gasteiger charge is -2.58. The van der Waals surface area contributed by atoms with Gasteiger partial charge in [-0.1, -0.05) is 39.7 Å². The van der Waals surface area contributed by atoms with Crippen LogP contribution in [0, 0.1) is 34.5 Å². The second kappa shape index (κ2) is 11.4. The number of carboxylic acids is 1. The van der Waals surface area contributed by atoms with E-state index < -0.39 is 47.3 Å². The van der Waals surface area contributed by atoms with Crippen LogP contribution < -0.4 is 5.32 Å². The number of carbonyl (C=O) groups is 5. The predicted molar refractivity (Wildman–Crippen MR) is 146 cm³/mol. The Bertz CT molecular complexity index is 1100. The van der Waals surface area contributed by atoms with Crippen LogP contribution in [-0.2, 0) is 28.7 Å². The van der Waals surface area contributed by atoms with Gasteiger partial charge in [0, 0.05) is 18.3 Å². The van der Waals surface area contributed by atoms with Crippen LogP contribution in [0.3, 0.4) is 0 Å². The SMILES string of the molecule is CC[C@H](C)[C@@H](NC(=O)CCC(=O)OCC(=O)[C@@]1(O)CC[C@H]2[C@@H]3CCC4=CC(=O)CC[C@]4(C)[C@H]3CC[C@@]21C)C(=O)O. The van der Waals surface area contributed by atoms with Crippen LogP contribution in [0.4, 0.5) is 0 Å². The van der Waals surface area contributed by atoms with Gasteiger partial charge in [0.15, 0.2) is 12.4 Å². The van der Waals surface area contributed by atoms with Crippen LogP contribution in [0.15, 0.2) is 11.6 Å². The summed E-state index contributed by atoms with van der Waals surface area (Å²) in [6.07, 6.45) is 7.87. The monoisotopic (exact) mass is 559 g/mol. The number of fused-ring (bicyclic) bond motifs is 5. The van der Waals surface area contributed by atoms with Crippen LogP contribution in [-0.4, -0.2) is 57.9 Å². The van der Waals surface area contributed by atoms with Gasteiger partial charge < -0.3 is 20.3 Å². The molecule has 0 aromatic carbocycles. The number of hydrogen-bond donors (Lipinski definition) is 3. The molecule has 0 aliphatic heterocycles. The van der Waals surface area contributed by atoms with E-state index in [1.807, 2.05) is 19.9 Å². The Kier molecular flexibility index (Phi) is 8.65. The minimum absolute atomic E-state index is 0.00373. The van der Waals surface area contributed by atoms with Gasteiger partial charge in [0.05, 0.1) is 6.42 Å². The number of ketones is 2. The largest absolute Gasteiger partial charge is 0.480 e. The lowest BCUT2D eigenvalue weighted by molar-refractivity contribution is -0.170. The van der Waals surface area contributed by atoms with E-state index in [4.69, 9.17) is 4.74 Å². The standard InChI is InChI=1S/C31H45NO8/c1-5-18(2)27(28(37)38)32-25(35)8-9-26(36)40-17-24(34)31(39)15-12-23-21-7-6-19-16-20(33)10-13-29(19,3)22(21)11-14-30(23,31)4/h16,18,21-23,27,39H,5-15,17H2,1-4H3,(H,32,35)(H,37,38)/t18-,21+,22-,23-,27+,29-,30-,31-/m0/s1. The van der Waals surface area contributed by atoms with Crippen molar-refractivity contribution < 1.29 is 38.9 Å². The molecular weight excluding hydrogens is 514 g/mol. The molecule has 0 spiro atoms. The molecule has 0 bridgehead atoms. The summed E-state index contributed by atoms with van der Waals surface area (Å²) in [6, 6.07) is -1.04. The molecule has 0 radical (unpaired) electrons. The Morgan fingerprint density at radius 2 is 1.75 bits per heavy atom. The fraction of sp³-hybridized carbons (Fsp3) is 0.774. The average Bonchev–Trinajstić information content (AvgIpc) is 3.20. The summed E-state index contributed by atoms with van der Waals surface area (Å²) in [5.41, 5.74) is -0.910. The topological polar surface area (TPSA) is 147 Å². The summed E-state index contributed by atoms with van der Waals surface area (Å²) in [4.78, 5) is 61.4. The molecule has 3 fully saturated rings. The molecular formula is C31H45NO8. The van der Waals surface area contributed by atoms with Crippen molar-refractivity contribution in [2.45, 2.75) is 110 Å². The van der Waals surface area contributed by atoms with Gasteiger partial charge in [-0.3, -0.25) is 19.2 Å². The molecule has 3 saturated carbocycles. The summed E-state index contributed by atoms with van der Waals surface area (Å²) in [7, 11) is 0. The molecule has 0 heterocycles. The Labute approximate surface area is 236 Å². The first-order valence-corrected chi connectivity index (χ1v) is 14.9. The normalized spacial score (nSPS) is 36.3. The summed E-state index contributed by atoms with van der Waals surface area (Å²) < 4.78 is 5.20. The van der Waals surface area contributed by atoms with Crippen LogP contribution in [0.5, 0.6) is 0 Å². The van der Waals surface area contributed by atoms with Gasteiger partial charge >= 0.3 is 11.9 Å². The highest BCUT2D eigenvalue weighted by atomic mass is 16.5. The summed E-state index contributed by atoms with van der Waals surface area (Å²) in [6.45, 7) is 7.31. The molecule has 222 valence electrons. The van der Waals surface area contributed by atoms with Crippen molar-refractivity contribution in [2.24, 2.45) is 34.5 Å². The van der Waals surface area contributed by atoms with Crippen molar-refractivity contribution in [3.8, 4) is 0 Å². The fourth-order valence-corrected chi connectivity index (χ4v) is 8.52. The molecule has 9 nitrogen and oxygen atoms in total. The average molecular weight is 560 g/mol. The van der Waals surface area contributed by atoms with Crippen LogP contribution in [0.1, 0.15) is 98.3 Å². The van der Waals surface area contributed by atoms with Crippen LogP contribution in [0.25, 0.3) is 0 Å².